The Balaban J connectivity index is 0. The summed E-state index contributed by atoms with van der Waals surface area (Å²) in [6.45, 7) is 0. The number of benzene rings is 1. The van der Waals surface area contributed by atoms with Crippen LogP contribution in [0, 0.1) is 23.3 Å². The Labute approximate surface area is 107 Å². The standard InChI is InChI=1S/C6HBrF4.BrH.Mg.2H/c7-4-5(10)2(8)1-3(9)6(4)11;;;;/h1H;1H;;;. The highest BCUT2D eigenvalue weighted by molar-refractivity contribution is 9.10. The molecule has 7 heteroatoms. The molecular weight excluding hydrogens is 332 g/mol. The molecule has 0 nitrogen and oxygen atoms in total. The Bertz CT molecular complexity index is 279. The molecule has 0 saturated heterocycles. The maximum Gasteiger partial charge on any atom is 0.316 e. The van der Waals surface area contributed by atoms with Crippen LogP contribution in [-0.4, -0.2) is 23.1 Å². The molecule has 0 aliphatic rings. The molecule has 0 heterocycles. The van der Waals surface area contributed by atoms with Crippen LogP contribution in [0.1, 0.15) is 0 Å². The van der Waals surface area contributed by atoms with E-state index in [1.807, 2.05) is 0 Å². The first-order chi connectivity index (χ1) is 5.04. The fourth-order valence-electron chi connectivity index (χ4n) is 0.544. The highest BCUT2D eigenvalue weighted by atomic mass is 79.9. The Kier molecular flexibility index (Phi) is 7.69. The molecule has 0 bridgehead atoms. The van der Waals surface area contributed by atoms with Crippen LogP contribution in [0.25, 0.3) is 0 Å². The lowest BCUT2D eigenvalue weighted by atomic mass is 10.3. The SMILES string of the molecule is Br.Fc1cc(F)c(F)c(Br)c1F.[MgH2]. The van der Waals surface area contributed by atoms with Crippen LogP contribution in [0.4, 0.5) is 17.6 Å². The van der Waals surface area contributed by atoms with Crippen molar-refractivity contribution < 1.29 is 17.6 Å². The van der Waals surface area contributed by atoms with E-state index in [1.165, 1.54) is 0 Å². The molecule has 0 fully saturated rings. The smallest absolute Gasteiger partial charge is 0.204 e. The molecule has 13 heavy (non-hydrogen) atoms. The Morgan fingerprint density at radius 1 is 0.923 bits per heavy atom. The molecule has 0 aliphatic carbocycles. The fourth-order valence-corrected chi connectivity index (χ4v) is 0.923. The zero-order valence-corrected chi connectivity index (χ0v) is 8.67. The summed E-state index contributed by atoms with van der Waals surface area (Å²) in [5.74, 6) is -5.70. The monoisotopic (exact) mass is 334 g/mol. The van der Waals surface area contributed by atoms with Gasteiger partial charge < -0.3 is 0 Å². The number of hydrogen-bond donors (Lipinski definition) is 0. The highest BCUT2D eigenvalue weighted by Crippen LogP contribution is 2.23. The van der Waals surface area contributed by atoms with Crippen LogP contribution in [0.5, 0.6) is 0 Å². The van der Waals surface area contributed by atoms with Crippen molar-refractivity contribution >= 4 is 56.0 Å². The molecule has 72 valence electrons. The van der Waals surface area contributed by atoms with Gasteiger partial charge in [-0.2, -0.15) is 0 Å². The van der Waals surface area contributed by atoms with Crippen molar-refractivity contribution in [2.45, 2.75) is 0 Å². The van der Waals surface area contributed by atoms with Gasteiger partial charge in [0.15, 0.2) is 23.3 Å². The van der Waals surface area contributed by atoms with Gasteiger partial charge in [-0.05, 0) is 15.9 Å². The molecule has 1 aromatic carbocycles. The van der Waals surface area contributed by atoms with Crippen LogP contribution >= 0.6 is 32.9 Å². The Hall–Kier alpha value is 0.666. The molecule has 0 radical (unpaired) electrons. The summed E-state index contributed by atoms with van der Waals surface area (Å²) in [6.07, 6.45) is 0. The molecule has 0 saturated carbocycles. The minimum atomic E-state index is -1.43. The maximum atomic E-state index is 12.3. The predicted molar refractivity (Wildman–Crippen MR) is 52.8 cm³/mol. The summed E-state index contributed by atoms with van der Waals surface area (Å²) in [7, 11) is 0. The summed E-state index contributed by atoms with van der Waals surface area (Å²) >= 11 is 2.35. The predicted octanol–water partition coefficient (Wildman–Crippen LogP) is 2.67. The summed E-state index contributed by atoms with van der Waals surface area (Å²) in [6, 6.07) is 0.148. The van der Waals surface area contributed by atoms with Crippen molar-refractivity contribution in [3.63, 3.8) is 0 Å². The van der Waals surface area contributed by atoms with Gasteiger partial charge in [-0.1, -0.05) is 0 Å². The fraction of sp³-hybridized carbons (Fsp3) is 0. The number of rotatable bonds is 0. The summed E-state index contributed by atoms with van der Waals surface area (Å²) < 4.78 is 48.3. The highest BCUT2D eigenvalue weighted by Gasteiger charge is 2.15. The van der Waals surface area contributed by atoms with Crippen LogP contribution in [0.3, 0.4) is 0 Å². The first-order valence-electron chi connectivity index (χ1n) is 2.52. The van der Waals surface area contributed by atoms with Gasteiger partial charge in [0.1, 0.15) is 0 Å². The minimum absolute atomic E-state index is 0. The second-order valence-electron chi connectivity index (χ2n) is 1.78. The third kappa shape index (κ3) is 3.37. The molecule has 0 aliphatic heterocycles. The normalized spacial score (nSPS) is 8.69. The Morgan fingerprint density at radius 2 is 1.23 bits per heavy atom. The largest absolute Gasteiger partial charge is 0.316 e. The average Bonchev–Trinajstić information content (AvgIpc) is 1.97. The van der Waals surface area contributed by atoms with Crippen LogP contribution < -0.4 is 0 Å². The van der Waals surface area contributed by atoms with E-state index in [4.69, 9.17) is 0 Å². The summed E-state index contributed by atoms with van der Waals surface area (Å²) in [4.78, 5) is 0. The number of halogens is 6. The molecular formula is C6H4Br2F4Mg. The number of hydrogen-bond acceptors (Lipinski definition) is 0. The van der Waals surface area contributed by atoms with Crippen molar-refractivity contribution in [2.24, 2.45) is 0 Å². The van der Waals surface area contributed by atoms with Crippen LogP contribution in [0.15, 0.2) is 10.5 Å². The van der Waals surface area contributed by atoms with E-state index in [9.17, 15) is 17.6 Å². The summed E-state index contributed by atoms with van der Waals surface area (Å²) in [5, 5.41) is 0. The second-order valence-corrected chi connectivity index (χ2v) is 2.58. The molecule has 1 aromatic rings. The third-order valence-corrected chi connectivity index (χ3v) is 1.75. The van der Waals surface area contributed by atoms with Gasteiger partial charge in [0.2, 0.25) is 0 Å². The van der Waals surface area contributed by atoms with Crippen molar-refractivity contribution in [1.29, 1.82) is 0 Å². The quantitative estimate of drug-likeness (QED) is 0.296. The van der Waals surface area contributed by atoms with Gasteiger partial charge in [0.05, 0.1) is 4.47 Å². The van der Waals surface area contributed by atoms with Gasteiger partial charge in [-0.3, -0.25) is 0 Å². The molecule has 0 N–H and O–H groups in total. The summed E-state index contributed by atoms with van der Waals surface area (Å²) in [5.41, 5.74) is 0. The molecule has 0 amide bonds. The second kappa shape index (κ2) is 6.21. The lowest BCUT2D eigenvalue weighted by Crippen LogP contribution is -1.94. The topological polar surface area (TPSA) is 0 Å². The zero-order chi connectivity index (χ0) is 8.59. The van der Waals surface area contributed by atoms with E-state index >= 15 is 0 Å². The van der Waals surface area contributed by atoms with Crippen LogP contribution in [0.2, 0.25) is 0 Å². The molecule has 0 atom stereocenters. The minimum Gasteiger partial charge on any atom is -0.204 e. The molecule has 1 rings (SSSR count). The van der Waals surface area contributed by atoms with Crippen molar-refractivity contribution in [3.8, 4) is 0 Å². The van der Waals surface area contributed by atoms with Crippen LogP contribution in [-0.2, 0) is 0 Å². The van der Waals surface area contributed by atoms with Crippen molar-refractivity contribution in [2.75, 3.05) is 0 Å². The van der Waals surface area contributed by atoms with Crippen molar-refractivity contribution in [3.05, 3.63) is 33.8 Å². The van der Waals surface area contributed by atoms with Gasteiger partial charge in [0.25, 0.3) is 0 Å². The zero-order valence-electron chi connectivity index (χ0n) is 5.38. The van der Waals surface area contributed by atoms with E-state index in [1.54, 1.807) is 0 Å². The first-order valence-corrected chi connectivity index (χ1v) is 3.32. The molecule has 0 aromatic heterocycles. The average molecular weight is 336 g/mol. The van der Waals surface area contributed by atoms with Gasteiger partial charge >= 0.3 is 23.1 Å². The van der Waals surface area contributed by atoms with E-state index in [-0.39, 0.29) is 46.1 Å². The maximum absolute atomic E-state index is 12.3. The van der Waals surface area contributed by atoms with E-state index < -0.39 is 27.7 Å². The molecule has 0 spiro atoms. The van der Waals surface area contributed by atoms with Crippen molar-refractivity contribution in [1.82, 2.24) is 0 Å². The Morgan fingerprint density at radius 3 is 1.54 bits per heavy atom. The third-order valence-electron chi connectivity index (χ3n) is 1.06. The molecule has 0 unspecified atom stereocenters. The van der Waals surface area contributed by atoms with E-state index in [2.05, 4.69) is 15.9 Å². The van der Waals surface area contributed by atoms with E-state index in [0.717, 1.165) is 0 Å². The lowest BCUT2D eigenvalue weighted by molar-refractivity contribution is 0.446. The van der Waals surface area contributed by atoms with E-state index in [0.29, 0.717) is 0 Å². The lowest BCUT2D eigenvalue weighted by Gasteiger charge is -1.98. The first kappa shape index (κ1) is 16.1. The van der Waals surface area contributed by atoms with Gasteiger partial charge in [-0.15, -0.1) is 17.0 Å². The van der Waals surface area contributed by atoms with Gasteiger partial charge in [-0.25, -0.2) is 17.6 Å². The van der Waals surface area contributed by atoms with Gasteiger partial charge in [0, 0.05) is 6.07 Å².